The van der Waals surface area contributed by atoms with Crippen molar-refractivity contribution in [3.05, 3.63) is 66.0 Å². The van der Waals surface area contributed by atoms with Gasteiger partial charge in [-0.1, -0.05) is 0 Å². The summed E-state index contributed by atoms with van der Waals surface area (Å²) in [4.78, 5) is 23.4. The molecule has 150 valence electrons. The zero-order valence-corrected chi connectivity index (χ0v) is 17.1. The Morgan fingerprint density at radius 1 is 1.00 bits per heavy atom. The molecule has 0 radical (unpaired) electrons. The standard InChI is InChI=1S/C22H25N5O2/c1-5-29-19-12-8-17(9-13-19)25-22-23-15(2)14-20(26-22)21(28)24-16-6-10-18(11-7-16)27(3)4/h6-14H,5H2,1-4H3,(H,24,28)(H,23,25,26). The summed E-state index contributed by atoms with van der Waals surface area (Å²) in [7, 11) is 3.94. The van der Waals surface area contributed by atoms with Gasteiger partial charge in [0.25, 0.3) is 5.91 Å². The van der Waals surface area contributed by atoms with E-state index in [9.17, 15) is 4.79 Å². The summed E-state index contributed by atoms with van der Waals surface area (Å²) in [5.74, 6) is 0.869. The molecule has 0 aliphatic heterocycles. The average molecular weight is 391 g/mol. The molecule has 29 heavy (non-hydrogen) atoms. The maximum Gasteiger partial charge on any atom is 0.274 e. The minimum absolute atomic E-state index is 0.289. The molecular weight excluding hydrogens is 366 g/mol. The van der Waals surface area contributed by atoms with Crippen LogP contribution >= 0.6 is 0 Å². The molecule has 1 aromatic heterocycles. The number of hydrogen-bond acceptors (Lipinski definition) is 6. The summed E-state index contributed by atoms with van der Waals surface area (Å²) >= 11 is 0. The van der Waals surface area contributed by atoms with Gasteiger partial charge in [-0.15, -0.1) is 0 Å². The molecule has 0 saturated heterocycles. The second-order valence-electron chi connectivity index (χ2n) is 6.70. The molecule has 0 aliphatic rings. The van der Waals surface area contributed by atoms with Crippen LogP contribution in [0.15, 0.2) is 54.6 Å². The van der Waals surface area contributed by atoms with Crippen LogP contribution in [-0.2, 0) is 0 Å². The third kappa shape index (κ3) is 5.44. The predicted octanol–water partition coefficient (Wildman–Crippen LogP) is 4.25. The van der Waals surface area contributed by atoms with Gasteiger partial charge in [-0.3, -0.25) is 4.79 Å². The molecule has 3 rings (SSSR count). The monoisotopic (exact) mass is 391 g/mol. The molecule has 0 saturated carbocycles. The Balaban J connectivity index is 1.72. The number of rotatable bonds is 7. The number of carbonyl (C=O) groups is 1. The van der Waals surface area contributed by atoms with Gasteiger partial charge in [0, 0.05) is 36.9 Å². The number of amides is 1. The van der Waals surface area contributed by atoms with Crippen molar-refractivity contribution >= 4 is 28.9 Å². The maximum absolute atomic E-state index is 12.7. The minimum Gasteiger partial charge on any atom is -0.494 e. The van der Waals surface area contributed by atoms with Gasteiger partial charge in [-0.05, 0) is 68.4 Å². The van der Waals surface area contributed by atoms with Crippen LogP contribution in [0.4, 0.5) is 23.0 Å². The van der Waals surface area contributed by atoms with E-state index in [0.717, 1.165) is 17.1 Å². The molecule has 2 aromatic carbocycles. The molecular formula is C22H25N5O2. The van der Waals surface area contributed by atoms with Gasteiger partial charge in [0.15, 0.2) is 0 Å². The fraction of sp³-hybridized carbons (Fsp3) is 0.227. The van der Waals surface area contributed by atoms with Gasteiger partial charge in [0.1, 0.15) is 11.4 Å². The van der Waals surface area contributed by atoms with Crippen molar-refractivity contribution in [2.45, 2.75) is 13.8 Å². The van der Waals surface area contributed by atoms with E-state index >= 15 is 0 Å². The highest BCUT2D eigenvalue weighted by Gasteiger charge is 2.11. The Hall–Kier alpha value is -3.61. The van der Waals surface area contributed by atoms with E-state index < -0.39 is 0 Å². The van der Waals surface area contributed by atoms with Crippen LogP contribution in [0.25, 0.3) is 0 Å². The van der Waals surface area contributed by atoms with Crippen molar-refractivity contribution in [2.75, 3.05) is 36.2 Å². The smallest absolute Gasteiger partial charge is 0.274 e. The van der Waals surface area contributed by atoms with Gasteiger partial charge in [-0.25, -0.2) is 9.97 Å². The fourth-order valence-electron chi connectivity index (χ4n) is 2.71. The largest absolute Gasteiger partial charge is 0.494 e. The van der Waals surface area contributed by atoms with Crippen molar-refractivity contribution in [1.82, 2.24) is 9.97 Å². The van der Waals surface area contributed by atoms with Crippen LogP contribution in [0.3, 0.4) is 0 Å². The Kier molecular flexibility index (Phi) is 6.29. The van der Waals surface area contributed by atoms with Crippen LogP contribution in [0.5, 0.6) is 5.75 Å². The van der Waals surface area contributed by atoms with Crippen LogP contribution in [0.2, 0.25) is 0 Å². The van der Waals surface area contributed by atoms with Crippen LogP contribution in [-0.4, -0.2) is 36.6 Å². The summed E-state index contributed by atoms with van der Waals surface area (Å²) < 4.78 is 5.44. The van der Waals surface area contributed by atoms with E-state index in [0.29, 0.717) is 29.6 Å². The number of benzene rings is 2. The van der Waals surface area contributed by atoms with Crippen molar-refractivity contribution in [3.63, 3.8) is 0 Å². The first kappa shape index (κ1) is 20.1. The van der Waals surface area contributed by atoms with Gasteiger partial charge >= 0.3 is 0 Å². The summed E-state index contributed by atoms with van der Waals surface area (Å²) in [6.07, 6.45) is 0. The van der Waals surface area contributed by atoms with E-state index in [1.807, 2.05) is 81.4 Å². The van der Waals surface area contributed by atoms with E-state index in [1.54, 1.807) is 6.07 Å². The molecule has 0 aliphatic carbocycles. The second kappa shape index (κ2) is 9.05. The molecule has 0 bridgehead atoms. The number of anilines is 4. The number of nitrogens with one attached hydrogen (secondary N) is 2. The van der Waals surface area contributed by atoms with Crippen LogP contribution in [0, 0.1) is 6.92 Å². The number of ether oxygens (including phenoxy) is 1. The highest BCUT2D eigenvalue weighted by atomic mass is 16.5. The number of aromatic nitrogens is 2. The predicted molar refractivity (Wildman–Crippen MR) is 116 cm³/mol. The van der Waals surface area contributed by atoms with E-state index in [-0.39, 0.29) is 5.91 Å². The molecule has 0 spiro atoms. The number of carbonyl (C=O) groups excluding carboxylic acids is 1. The summed E-state index contributed by atoms with van der Waals surface area (Å²) in [6, 6.07) is 16.8. The lowest BCUT2D eigenvalue weighted by atomic mass is 10.2. The van der Waals surface area contributed by atoms with E-state index in [1.165, 1.54) is 0 Å². The molecule has 0 fully saturated rings. The van der Waals surface area contributed by atoms with Crippen molar-refractivity contribution in [1.29, 1.82) is 0 Å². The highest BCUT2D eigenvalue weighted by Crippen LogP contribution is 2.20. The second-order valence-corrected chi connectivity index (χ2v) is 6.70. The number of aryl methyl sites for hydroxylation is 1. The van der Waals surface area contributed by atoms with Crippen LogP contribution < -0.4 is 20.3 Å². The Labute approximate surface area is 170 Å². The van der Waals surface area contributed by atoms with Crippen molar-refractivity contribution < 1.29 is 9.53 Å². The topological polar surface area (TPSA) is 79.4 Å². The number of nitrogens with zero attached hydrogens (tertiary/aromatic N) is 3. The lowest BCUT2D eigenvalue weighted by molar-refractivity contribution is 0.102. The Morgan fingerprint density at radius 3 is 2.28 bits per heavy atom. The van der Waals surface area contributed by atoms with Gasteiger partial charge in [-0.2, -0.15) is 0 Å². The minimum atomic E-state index is -0.289. The van der Waals surface area contributed by atoms with Crippen molar-refractivity contribution in [3.8, 4) is 5.75 Å². The highest BCUT2D eigenvalue weighted by molar-refractivity contribution is 6.03. The third-order valence-corrected chi connectivity index (χ3v) is 4.15. The van der Waals surface area contributed by atoms with E-state index in [2.05, 4.69) is 20.6 Å². The SMILES string of the molecule is CCOc1ccc(Nc2nc(C)cc(C(=O)Nc3ccc(N(C)C)cc3)n2)cc1. The zero-order chi connectivity index (χ0) is 20.8. The lowest BCUT2D eigenvalue weighted by Crippen LogP contribution is -2.15. The van der Waals surface area contributed by atoms with Crippen molar-refractivity contribution in [2.24, 2.45) is 0 Å². The van der Waals surface area contributed by atoms with Gasteiger partial charge in [0.2, 0.25) is 5.95 Å². The number of hydrogen-bond donors (Lipinski definition) is 2. The van der Waals surface area contributed by atoms with Gasteiger partial charge < -0.3 is 20.3 Å². The summed E-state index contributed by atoms with van der Waals surface area (Å²) in [6.45, 7) is 4.38. The normalized spacial score (nSPS) is 10.3. The molecule has 0 atom stereocenters. The van der Waals surface area contributed by atoms with E-state index in [4.69, 9.17) is 4.74 Å². The van der Waals surface area contributed by atoms with Gasteiger partial charge in [0.05, 0.1) is 6.61 Å². The molecule has 3 aromatic rings. The zero-order valence-electron chi connectivity index (χ0n) is 17.1. The molecule has 0 unspecified atom stereocenters. The Morgan fingerprint density at radius 2 is 1.66 bits per heavy atom. The molecule has 7 nitrogen and oxygen atoms in total. The lowest BCUT2D eigenvalue weighted by Gasteiger charge is -2.13. The third-order valence-electron chi connectivity index (χ3n) is 4.15. The Bertz CT molecular complexity index is 969. The summed E-state index contributed by atoms with van der Waals surface area (Å²) in [5, 5.41) is 6.00. The first-order valence-electron chi connectivity index (χ1n) is 9.39. The molecule has 2 N–H and O–H groups in total. The van der Waals surface area contributed by atoms with Crippen LogP contribution in [0.1, 0.15) is 23.1 Å². The molecule has 1 heterocycles. The molecule has 1 amide bonds. The maximum atomic E-state index is 12.7. The fourth-order valence-corrected chi connectivity index (χ4v) is 2.71. The quantitative estimate of drug-likeness (QED) is 0.627. The average Bonchev–Trinajstić information content (AvgIpc) is 2.69. The summed E-state index contributed by atoms with van der Waals surface area (Å²) in [5.41, 5.74) is 3.56. The molecule has 7 heteroatoms. The first-order valence-corrected chi connectivity index (χ1v) is 9.39. The first-order chi connectivity index (χ1) is 13.9.